The van der Waals surface area contributed by atoms with Crippen molar-refractivity contribution in [1.82, 2.24) is 19.9 Å². The fourth-order valence-electron chi connectivity index (χ4n) is 5.00. The highest BCUT2D eigenvalue weighted by Gasteiger charge is 2.39. The van der Waals surface area contributed by atoms with Crippen molar-refractivity contribution in [3.05, 3.63) is 58.9 Å². The van der Waals surface area contributed by atoms with E-state index >= 15 is 0 Å². The molecule has 0 aliphatic carbocycles. The summed E-state index contributed by atoms with van der Waals surface area (Å²) < 4.78 is 2.26. The zero-order valence-electron chi connectivity index (χ0n) is 23.8. The number of amides is 1. The van der Waals surface area contributed by atoms with Crippen LogP contribution in [0.2, 0.25) is 0 Å². The van der Waals surface area contributed by atoms with Crippen LogP contribution in [-0.4, -0.2) is 31.1 Å². The smallest absolute Gasteiger partial charge is 0.220 e. The van der Waals surface area contributed by atoms with Crippen LogP contribution in [0, 0.1) is 6.92 Å². The van der Waals surface area contributed by atoms with Gasteiger partial charge in [-0.2, -0.15) is 0 Å². The molecule has 0 fully saturated rings. The van der Waals surface area contributed by atoms with Gasteiger partial charge < -0.3 is 20.7 Å². The molecule has 38 heavy (non-hydrogen) atoms. The van der Waals surface area contributed by atoms with Gasteiger partial charge in [0.15, 0.2) is 5.82 Å². The van der Waals surface area contributed by atoms with Gasteiger partial charge in [0.05, 0.1) is 11.0 Å². The first-order valence-electron chi connectivity index (χ1n) is 13.6. The fourth-order valence-corrected chi connectivity index (χ4v) is 5.00. The second kappa shape index (κ2) is 10.3. The number of anilines is 1. The number of nitrogens with zero attached hydrogens (tertiary/aromatic N) is 3. The van der Waals surface area contributed by atoms with Crippen molar-refractivity contribution < 1.29 is 9.90 Å². The molecule has 0 atom stereocenters. The number of carbonyl (C=O) groups excluding carboxylic acids is 1. The summed E-state index contributed by atoms with van der Waals surface area (Å²) in [6, 6.07) is 12.1. The van der Waals surface area contributed by atoms with Gasteiger partial charge >= 0.3 is 0 Å². The Morgan fingerprint density at radius 1 is 1.08 bits per heavy atom. The van der Waals surface area contributed by atoms with Gasteiger partial charge in [-0.05, 0) is 56.0 Å². The Labute approximate surface area is 225 Å². The van der Waals surface area contributed by atoms with Crippen LogP contribution < -0.4 is 11.1 Å². The first kappa shape index (κ1) is 27.4. The third-order valence-electron chi connectivity index (χ3n) is 8.20. The molecular weight excluding hydrogens is 474 g/mol. The SMILES string of the molecule is CCCCc1nc2c(N)nc3cc(C(C)(C)C(C)(C)NC(=O)CC)ccc3c2n1Cc1ccc(O)c(C)c1. The minimum atomic E-state index is -0.477. The first-order valence-corrected chi connectivity index (χ1v) is 13.6. The lowest BCUT2D eigenvalue weighted by molar-refractivity contribution is -0.123. The van der Waals surface area contributed by atoms with Crippen LogP contribution in [0.5, 0.6) is 5.75 Å². The molecule has 4 N–H and O–H groups in total. The van der Waals surface area contributed by atoms with E-state index in [2.05, 4.69) is 62.7 Å². The van der Waals surface area contributed by atoms with E-state index in [-0.39, 0.29) is 11.3 Å². The van der Waals surface area contributed by atoms with Crippen molar-refractivity contribution in [1.29, 1.82) is 0 Å². The number of phenols is 1. The molecule has 1 amide bonds. The van der Waals surface area contributed by atoms with E-state index < -0.39 is 5.54 Å². The molecule has 2 heterocycles. The second-order valence-corrected chi connectivity index (χ2v) is 11.4. The number of hydrogen-bond donors (Lipinski definition) is 3. The van der Waals surface area contributed by atoms with Crippen LogP contribution in [-0.2, 0) is 23.2 Å². The summed E-state index contributed by atoms with van der Waals surface area (Å²) in [6.07, 6.45) is 3.39. The van der Waals surface area contributed by atoms with E-state index in [0.29, 0.717) is 24.5 Å². The summed E-state index contributed by atoms with van der Waals surface area (Å²) in [6.45, 7) is 15.0. The molecule has 0 aliphatic rings. The van der Waals surface area contributed by atoms with Crippen LogP contribution in [0.3, 0.4) is 0 Å². The number of imidazole rings is 1. The Hall–Kier alpha value is -3.61. The molecule has 0 bridgehead atoms. The van der Waals surface area contributed by atoms with Gasteiger partial charge in [-0.3, -0.25) is 4.79 Å². The molecule has 2 aromatic carbocycles. The number of aromatic hydroxyl groups is 1. The lowest BCUT2D eigenvalue weighted by Gasteiger charge is -2.43. The average molecular weight is 516 g/mol. The van der Waals surface area contributed by atoms with Crippen molar-refractivity contribution in [2.24, 2.45) is 0 Å². The number of carbonyl (C=O) groups is 1. The molecule has 0 radical (unpaired) electrons. The number of pyridine rings is 1. The van der Waals surface area contributed by atoms with Crippen LogP contribution in [0.1, 0.15) is 83.3 Å². The molecule has 2 aromatic heterocycles. The molecule has 4 aromatic rings. The number of aromatic nitrogens is 3. The van der Waals surface area contributed by atoms with Gasteiger partial charge in [-0.25, -0.2) is 9.97 Å². The van der Waals surface area contributed by atoms with E-state index in [1.165, 1.54) is 0 Å². The molecule has 0 spiro atoms. The van der Waals surface area contributed by atoms with Gasteiger partial charge in [0.2, 0.25) is 5.91 Å². The third kappa shape index (κ3) is 4.94. The molecule has 4 rings (SSSR count). The number of unbranched alkanes of at least 4 members (excludes halogenated alkanes) is 1. The second-order valence-electron chi connectivity index (χ2n) is 11.4. The average Bonchev–Trinajstić information content (AvgIpc) is 3.23. The lowest BCUT2D eigenvalue weighted by Crippen LogP contribution is -2.55. The van der Waals surface area contributed by atoms with Gasteiger partial charge in [-0.1, -0.05) is 58.4 Å². The number of nitrogens with two attached hydrogens (primary N) is 1. The monoisotopic (exact) mass is 515 g/mol. The lowest BCUT2D eigenvalue weighted by atomic mass is 9.69. The first-order chi connectivity index (χ1) is 17.9. The molecule has 7 heteroatoms. The maximum Gasteiger partial charge on any atom is 0.220 e. The number of rotatable bonds is 9. The van der Waals surface area contributed by atoms with Crippen LogP contribution in [0.15, 0.2) is 36.4 Å². The molecule has 0 saturated heterocycles. The summed E-state index contributed by atoms with van der Waals surface area (Å²) in [7, 11) is 0. The highest BCUT2D eigenvalue weighted by molar-refractivity contribution is 6.06. The summed E-state index contributed by atoms with van der Waals surface area (Å²) in [5, 5.41) is 14.2. The Morgan fingerprint density at radius 2 is 1.82 bits per heavy atom. The van der Waals surface area contributed by atoms with Crippen LogP contribution in [0.25, 0.3) is 21.9 Å². The molecular formula is C31H41N5O2. The minimum Gasteiger partial charge on any atom is -0.508 e. The van der Waals surface area contributed by atoms with Gasteiger partial charge in [-0.15, -0.1) is 0 Å². The quantitative estimate of drug-likeness (QED) is 0.248. The number of phenolic OH excluding ortho intramolecular Hbond substituents is 1. The van der Waals surface area contributed by atoms with E-state index in [4.69, 9.17) is 15.7 Å². The highest BCUT2D eigenvalue weighted by atomic mass is 16.3. The maximum absolute atomic E-state index is 12.2. The van der Waals surface area contributed by atoms with E-state index in [1.54, 1.807) is 6.07 Å². The van der Waals surface area contributed by atoms with E-state index in [0.717, 1.165) is 63.7 Å². The van der Waals surface area contributed by atoms with Crippen molar-refractivity contribution >= 4 is 33.7 Å². The summed E-state index contributed by atoms with van der Waals surface area (Å²) in [5.41, 5.74) is 11.2. The summed E-state index contributed by atoms with van der Waals surface area (Å²) in [5.74, 6) is 1.73. The molecule has 0 unspecified atom stereocenters. The Kier molecular flexibility index (Phi) is 7.42. The Bertz CT molecular complexity index is 1500. The maximum atomic E-state index is 12.2. The van der Waals surface area contributed by atoms with Crippen molar-refractivity contribution in [3.8, 4) is 5.75 Å². The van der Waals surface area contributed by atoms with Gasteiger partial charge in [0.1, 0.15) is 17.1 Å². The minimum absolute atomic E-state index is 0.0286. The standard InChI is InChI=1S/C31H41N5O2/c1-8-10-11-25-34-27-28(36(25)18-20-12-15-24(37)19(3)16-20)22-14-13-21(17-23(22)33-29(27)32)30(4,5)31(6,7)35-26(38)9-2/h12-17,37H,8-11,18H2,1-7H3,(H2,32,33)(H,35,38). The van der Waals surface area contributed by atoms with Crippen molar-refractivity contribution in [3.63, 3.8) is 0 Å². The number of aryl methyl sites for hydroxylation is 2. The van der Waals surface area contributed by atoms with Crippen molar-refractivity contribution in [2.75, 3.05) is 5.73 Å². The molecule has 7 nitrogen and oxygen atoms in total. The number of benzene rings is 2. The number of fused-ring (bicyclic) bond motifs is 3. The zero-order valence-corrected chi connectivity index (χ0v) is 23.8. The Balaban J connectivity index is 1.89. The molecule has 0 saturated carbocycles. The normalized spacial score (nSPS) is 12.4. The highest BCUT2D eigenvalue weighted by Crippen LogP contribution is 2.38. The van der Waals surface area contributed by atoms with Gasteiger partial charge in [0.25, 0.3) is 0 Å². The topological polar surface area (TPSA) is 106 Å². The van der Waals surface area contributed by atoms with Crippen LogP contribution in [0.4, 0.5) is 5.82 Å². The summed E-state index contributed by atoms with van der Waals surface area (Å²) in [4.78, 5) is 22.0. The zero-order chi connectivity index (χ0) is 27.8. The fraction of sp³-hybridized carbons (Fsp3) is 0.452. The predicted octanol–water partition coefficient (Wildman–Crippen LogP) is 6.15. The summed E-state index contributed by atoms with van der Waals surface area (Å²) >= 11 is 0. The van der Waals surface area contributed by atoms with E-state index in [9.17, 15) is 9.90 Å². The van der Waals surface area contributed by atoms with Crippen LogP contribution >= 0.6 is 0 Å². The third-order valence-corrected chi connectivity index (χ3v) is 8.20. The number of nitrogens with one attached hydrogen (secondary N) is 1. The number of hydrogen-bond acceptors (Lipinski definition) is 5. The molecule has 0 aliphatic heterocycles. The number of nitrogen functional groups attached to an aromatic ring is 1. The van der Waals surface area contributed by atoms with Gasteiger partial charge in [0, 0.05) is 35.7 Å². The van der Waals surface area contributed by atoms with Crippen molar-refractivity contribution in [2.45, 2.75) is 91.6 Å². The Morgan fingerprint density at radius 3 is 2.47 bits per heavy atom. The predicted molar refractivity (Wildman–Crippen MR) is 156 cm³/mol. The molecule has 202 valence electrons. The largest absolute Gasteiger partial charge is 0.508 e. The van der Waals surface area contributed by atoms with E-state index in [1.807, 2.05) is 26.0 Å².